The molecule has 21 heavy (non-hydrogen) atoms. The van der Waals surface area contributed by atoms with E-state index in [4.69, 9.17) is 11.6 Å². The molecule has 0 aliphatic heterocycles. The van der Waals surface area contributed by atoms with Gasteiger partial charge in [0.1, 0.15) is 0 Å². The lowest BCUT2D eigenvalue weighted by Crippen LogP contribution is -2.14. The largest absolute Gasteiger partial charge is 0.481 e. The standard InChI is InChI=1S/C17H13ClO2S/c18-13-7-5-11(6-8-13)15(17(19)20)9-12-10-21-16-4-2-1-3-14(12)16/h1-8,10,15H,9H2,(H,19,20). The summed E-state index contributed by atoms with van der Waals surface area (Å²) >= 11 is 7.52. The molecule has 0 saturated carbocycles. The molecule has 1 N–H and O–H groups in total. The third-order valence-corrected chi connectivity index (χ3v) is 4.82. The van der Waals surface area contributed by atoms with Gasteiger partial charge in [-0.3, -0.25) is 4.79 Å². The number of fused-ring (bicyclic) bond motifs is 1. The minimum atomic E-state index is -0.812. The Morgan fingerprint density at radius 2 is 1.86 bits per heavy atom. The zero-order valence-corrected chi connectivity index (χ0v) is 12.7. The lowest BCUT2D eigenvalue weighted by atomic mass is 9.92. The fraction of sp³-hybridized carbons (Fsp3) is 0.118. The highest BCUT2D eigenvalue weighted by Gasteiger charge is 2.21. The van der Waals surface area contributed by atoms with Gasteiger partial charge in [-0.05, 0) is 46.5 Å². The third-order valence-electron chi connectivity index (χ3n) is 3.56. The number of thiophene rings is 1. The van der Waals surface area contributed by atoms with Crippen molar-refractivity contribution in [1.82, 2.24) is 0 Å². The van der Waals surface area contributed by atoms with Crippen molar-refractivity contribution in [2.24, 2.45) is 0 Å². The van der Waals surface area contributed by atoms with Crippen molar-refractivity contribution in [1.29, 1.82) is 0 Å². The van der Waals surface area contributed by atoms with Gasteiger partial charge in [0.15, 0.2) is 0 Å². The summed E-state index contributed by atoms with van der Waals surface area (Å²) in [7, 11) is 0. The SMILES string of the molecule is O=C(O)C(Cc1csc2ccccc12)c1ccc(Cl)cc1. The molecule has 106 valence electrons. The van der Waals surface area contributed by atoms with E-state index in [2.05, 4.69) is 11.4 Å². The number of carboxylic acid groups (broad SMARTS) is 1. The molecule has 0 aliphatic rings. The molecule has 3 aromatic rings. The molecule has 1 unspecified atom stereocenters. The minimum Gasteiger partial charge on any atom is -0.481 e. The van der Waals surface area contributed by atoms with Crippen molar-refractivity contribution in [2.45, 2.75) is 12.3 Å². The first-order valence-electron chi connectivity index (χ1n) is 6.58. The maximum Gasteiger partial charge on any atom is 0.311 e. The van der Waals surface area contributed by atoms with E-state index in [1.54, 1.807) is 35.6 Å². The summed E-state index contributed by atoms with van der Waals surface area (Å²) in [4.78, 5) is 11.6. The molecule has 0 spiro atoms. The van der Waals surface area contributed by atoms with Gasteiger partial charge in [-0.2, -0.15) is 0 Å². The van der Waals surface area contributed by atoms with Crippen LogP contribution in [0, 0.1) is 0 Å². The molecule has 3 rings (SSSR count). The van der Waals surface area contributed by atoms with E-state index in [-0.39, 0.29) is 0 Å². The van der Waals surface area contributed by atoms with Gasteiger partial charge in [-0.15, -0.1) is 11.3 Å². The number of aliphatic carboxylic acids is 1. The van der Waals surface area contributed by atoms with Gasteiger partial charge in [0.2, 0.25) is 0 Å². The molecule has 2 nitrogen and oxygen atoms in total. The van der Waals surface area contributed by atoms with Crippen molar-refractivity contribution < 1.29 is 9.90 Å². The minimum absolute atomic E-state index is 0.487. The normalized spacial score (nSPS) is 12.4. The Kier molecular flexibility index (Phi) is 3.95. The molecular formula is C17H13ClO2S. The van der Waals surface area contributed by atoms with Crippen molar-refractivity contribution in [3.8, 4) is 0 Å². The number of hydrogen-bond donors (Lipinski definition) is 1. The van der Waals surface area contributed by atoms with Crippen molar-refractivity contribution in [3.05, 3.63) is 70.1 Å². The summed E-state index contributed by atoms with van der Waals surface area (Å²) < 4.78 is 1.19. The quantitative estimate of drug-likeness (QED) is 0.738. The van der Waals surface area contributed by atoms with E-state index in [9.17, 15) is 9.90 Å². The first-order valence-corrected chi connectivity index (χ1v) is 7.84. The Bertz CT molecular complexity index is 777. The summed E-state index contributed by atoms with van der Waals surface area (Å²) in [6, 6.07) is 15.1. The number of carbonyl (C=O) groups is 1. The molecular weight excluding hydrogens is 304 g/mol. The molecule has 1 heterocycles. The van der Waals surface area contributed by atoms with E-state index < -0.39 is 11.9 Å². The van der Waals surface area contributed by atoms with Crippen LogP contribution in [0.25, 0.3) is 10.1 Å². The Morgan fingerprint density at radius 3 is 2.57 bits per heavy atom. The van der Waals surface area contributed by atoms with E-state index in [1.165, 1.54) is 4.70 Å². The average Bonchev–Trinajstić information content (AvgIpc) is 2.89. The van der Waals surface area contributed by atoms with Crippen molar-refractivity contribution in [3.63, 3.8) is 0 Å². The first kappa shape index (κ1) is 14.1. The van der Waals surface area contributed by atoms with Crippen molar-refractivity contribution >= 4 is 39.0 Å². The maximum absolute atomic E-state index is 11.6. The Morgan fingerprint density at radius 1 is 1.14 bits per heavy atom. The van der Waals surface area contributed by atoms with Crippen LogP contribution in [0.5, 0.6) is 0 Å². The van der Waals surface area contributed by atoms with Gasteiger partial charge >= 0.3 is 5.97 Å². The molecule has 0 amide bonds. The second-order valence-electron chi connectivity index (χ2n) is 4.90. The van der Waals surface area contributed by atoms with E-state index in [0.717, 1.165) is 16.5 Å². The van der Waals surface area contributed by atoms with Gasteiger partial charge in [-0.25, -0.2) is 0 Å². The fourth-order valence-corrected chi connectivity index (χ4v) is 3.56. The summed E-state index contributed by atoms with van der Waals surface area (Å²) in [6.07, 6.45) is 0.487. The summed E-state index contributed by atoms with van der Waals surface area (Å²) in [5.41, 5.74) is 1.86. The predicted molar refractivity (Wildman–Crippen MR) is 87.4 cm³/mol. The number of rotatable bonds is 4. The van der Waals surface area contributed by atoms with Crippen LogP contribution in [-0.4, -0.2) is 11.1 Å². The summed E-state index contributed by atoms with van der Waals surface area (Å²) in [5.74, 6) is -1.37. The molecule has 0 aliphatic carbocycles. The highest BCUT2D eigenvalue weighted by Crippen LogP contribution is 2.31. The first-order chi connectivity index (χ1) is 10.1. The number of benzene rings is 2. The Balaban J connectivity index is 1.96. The van der Waals surface area contributed by atoms with Crippen LogP contribution < -0.4 is 0 Å². The van der Waals surface area contributed by atoms with E-state index >= 15 is 0 Å². The molecule has 2 aromatic carbocycles. The number of carboxylic acids is 1. The van der Waals surface area contributed by atoms with Crippen LogP contribution in [0.15, 0.2) is 53.9 Å². The van der Waals surface area contributed by atoms with Gasteiger partial charge in [0.25, 0.3) is 0 Å². The van der Waals surface area contributed by atoms with Crippen LogP contribution in [0.1, 0.15) is 17.0 Å². The zero-order valence-electron chi connectivity index (χ0n) is 11.1. The second kappa shape index (κ2) is 5.88. The molecule has 1 aromatic heterocycles. The number of hydrogen-bond acceptors (Lipinski definition) is 2. The lowest BCUT2D eigenvalue weighted by Gasteiger charge is -2.12. The third kappa shape index (κ3) is 2.94. The van der Waals surface area contributed by atoms with E-state index in [1.807, 2.05) is 18.2 Å². The molecule has 0 fully saturated rings. The lowest BCUT2D eigenvalue weighted by molar-refractivity contribution is -0.138. The summed E-state index contributed by atoms with van der Waals surface area (Å²) in [6.45, 7) is 0. The Labute approximate surface area is 131 Å². The van der Waals surface area contributed by atoms with Crippen LogP contribution in [0.2, 0.25) is 5.02 Å². The van der Waals surface area contributed by atoms with Gasteiger partial charge in [0, 0.05) is 9.72 Å². The molecule has 0 bridgehead atoms. The molecule has 1 atom stereocenters. The number of halogens is 1. The average molecular weight is 317 g/mol. The molecule has 0 radical (unpaired) electrons. The molecule has 0 saturated heterocycles. The van der Waals surface area contributed by atoms with Crippen molar-refractivity contribution in [2.75, 3.05) is 0 Å². The van der Waals surface area contributed by atoms with Crippen LogP contribution in [-0.2, 0) is 11.2 Å². The van der Waals surface area contributed by atoms with Gasteiger partial charge in [-0.1, -0.05) is 41.9 Å². The smallest absolute Gasteiger partial charge is 0.311 e. The van der Waals surface area contributed by atoms with E-state index in [0.29, 0.717) is 11.4 Å². The maximum atomic E-state index is 11.6. The van der Waals surface area contributed by atoms with Gasteiger partial charge in [0.05, 0.1) is 5.92 Å². The highest BCUT2D eigenvalue weighted by atomic mass is 35.5. The Hall–Kier alpha value is -1.84. The fourth-order valence-electron chi connectivity index (χ4n) is 2.45. The summed E-state index contributed by atoms with van der Waals surface area (Å²) in [5, 5.41) is 13.3. The van der Waals surface area contributed by atoms with Crippen LogP contribution in [0.3, 0.4) is 0 Å². The monoisotopic (exact) mass is 316 g/mol. The second-order valence-corrected chi connectivity index (χ2v) is 6.25. The highest BCUT2D eigenvalue weighted by molar-refractivity contribution is 7.17. The topological polar surface area (TPSA) is 37.3 Å². The van der Waals surface area contributed by atoms with Crippen LogP contribution >= 0.6 is 22.9 Å². The van der Waals surface area contributed by atoms with Crippen LogP contribution in [0.4, 0.5) is 0 Å². The molecule has 4 heteroatoms. The van der Waals surface area contributed by atoms with Gasteiger partial charge < -0.3 is 5.11 Å². The predicted octanol–water partition coefficient (Wildman–Crippen LogP) is 4.97. The zero-order chi connectivity index (χ0) is 14.8.